The maximum absolute atomic E-state index is 13.4. The number of thioether (sulfide) groups is 1. The molecule has 35 heavy (non-hydrogen) atoms. The van der Waals surface area contributed by atoms with Gasteiger partial charge in [-0.15, -0.1) is 5.10 Å². The second-order valence-electron chi connectivity index (χ2n) is 9.86. The lowest BCUT2D eigenvalue weighted by molar-refractivity contribution is -0.118. The van der Waals surface area contributed by atoms with Gasteiger partial charge in [0.05, 0.1) is 0 Å². The van der Waals surface area contributed by atoms with E-state index in [1.54, 1.807) is 11.8 Å². The first kappa shape index (κ1) is 23.9. The number of hydrogen-bond acceptors (Lipinski definition) is 6. The summed E-state index contributed by atoms with van der Waals surface area (Å²) >= 11 is 7.61. The Labute approximate surface area is 215 Å². The van der Waals surface area contributed by atoms with E-state index in [1.165, 1.54) is 0 Å². The normalized spacial score (nSPS) is 18.6. The molecular formula is C27H29ClN4O2S. The predicted octanol–water partition coefficient (Wildman–Crippen LogP) is 6.67. The van der Waals surface area contributed by atoms with E-state index in [1.807, 2.05) is 53.2 Å². The van der Waals surface area contributed by atoms with Crippen molar-refractivity contribution >= 4 is 35.1 Å². The maximum atomic E-state index is 13.4. The summed E-state index contributed by atoms with van der Waals surface area (Å²) in [6.07, 6.45) is 2.37. The number of carbonyl (C=O) groups excluding carboxylic acids is 1. The molecule has 0 spiro atoms. The second-order valence-corrected chi connectivity index (χ2v) is 11.4. The molecule has 1 N–H and O–H groups in total. The van der Waals surface area contributed by atoms with Crippen molar-refractivity contribution in [2.75, 3.05) is 11.1 Å². The molecule has 6 nitrogen and oxygen atoms in total. The molecule has 0 bridgehead atoms. The van der Waals surface area contributed by atoms with Crippen molar-refractivity contribution in [2.45, 2.75) is 57.8 Å². The number of allylic oxidation sites excluding steroid dienone is 2. The predicted molar refractivity (Wildman–Crippen MR) is 140 cm³/mol. The zero-order valence-electron chi connectivity index (χ0n) is 20.2. The molecule has 182 valence electrons. The van der Waals surface area contributed by atoms with Crippen LogP contribution in [0.3, 0.4) is 0 Å². The molecule has 2 aliphatic rings. The van der Waals surface area contributed by atoms with Gasteiger partial charge in [-0.3, -0.25) is 4.79 Å². The number of ether oxygens (including phenoxy) is 1. The molecule has 0 amide bonds. The highest BCUT2D eigenvalue weighted by atomic mass is 35.5. The zero-order valence-corrected chi connectivity index (χ0v) is 21.7. The van der Waals surface area contributed by atoms with Crippen LogP contribution in [-0.2, 0) is 11.4 Å². The van der Waals surface area contributed by atoms with Gasteiger partial charge in [0.1, 0.15) is 18.4 Å². The second kappa shape index (κ2) is 9.70. The average molecular weight is 509 g/mol. The minimum Gasteiger partial charge on any atom is -0.489 e. The van der Waals surface area contributed by atoms with Gasteiger partial charge in [-0.1, -0.05) is 68.4 Å². The van der Waals surface area contributed by atoms with Gasteiger partial charge in [0.25, 0.3) is 0 Å². The molecule has 8 heteroatoms. The molecule has 2 heterocycles. The molecule has 1 unspecified atom stereocenters. The molecule has 5 rings (SSSR count). The number of nitrogens with one attached hydrogen (secondary N) is 1. The maximum Gasteiger partial charge on any atom is 0.227 e. The van der Waals surface area contributed by atoms with Crippen LogP contribution in [-0.4, -0.2) is 26.3 Å². The molecule has 3 aromatic rings. The van der Waals surface area contributed by atoms with Crippen LogP contribution in [0.4, 0.5) is 5.95 Å². The van der Waals surface area contributed by atoms with Crippen molar-refractivity contribution in [3.8, 4) is 5.75 Å². The van der Waals surface area contributed by atoms with Gasteiger partial charge in [0, 0.05) is 28.5 Å². The van der Waals surface area contributed by atoms with Crippen molar-refractivity contribution in [1.29, 1.82) is 0 Å². The fraction of sp³-hybridized carbons (Fsp3) is 0.370. The van der Waals surface area contributed by atoms with Gasteiger partial charge in [-0.2, -0.15) is 4.98 Å². The van der Waals surface area contributed by atoms with Crippen LogP contribution >= 0.6 is 23.4 Å². The number of benzene rings is 2. The lowest BCUT2D eigenvalue weighted by Gasteiger charge is -2.38. The summed E-state index contributed by atoms with van der Waals surface area (Å²) in [6.45, 7) is 6.87. The van der Waals surface area contributed by atoms with E-state index in [9.17, 15) is 4.79 Å². The summed E-state index contributed by atoms with van der Waals surface area (Å²) in [5.74, 6) is 2.58. The van der Waals surface area contributed by atoms with Crippen molar-refractivity contribution in [3.63, 3.8) is 0 Å². The quantitative estimate of drug-likeness (QED) is 0.359. The topological polar surface area (TPSA) is 69.0 Å². The van der Waals surface area contributed by atoms with Crippen LogP contribution in [0, 0.1) is 5.41 Å². The molecule has 0 saturated carbocycles. The van der Waals surface area contributed by atoms with Gasteiger partial charge in [-0.05, 0) is 53.6 Å². The lowest BCUT2D eigenvalue weighted by Crippen LogP contribution is -2.36. The van der Waals surface area contributed by atoms with Crippen LogP contribution in [0.25, 0.3) is 0 Å². The number of aromatic nitrogens is 3. The summed E-state index contributed by atoms with van der Waals surface area (Å²) in [4.78, 5) is 18.1. The van der Waals surface area contributed by atoms with Crippen LogP contribution in [0.1, 0.15) is 57.2 Å². The molecule has 1 aliphatic heterocycles. The lowest BCUT2D eigenvalue weighted by atomic mass is 9.73. The molecule has 0 saturated heterocycles. The number of halogens is 1. The fourth-order valence-electron chi connectivity index (χ4n) is 4.65. The largest absolute Gasteiger partial charge is 0.489 e. The smallest absolute Gasteiger partial charge is 0.227 e. The third-order valence-electron chi connectivity index (χ3n) is 6.26. The third-order valence-corrected chi connectivity index (χ3v) is 7.56. The monoisotopic (exact) mass is 508 g/mol. The molecule has 2 aromatic carbocycles. The summed E-state index contributed by atoms with van der Waals surface area (Å²) in [7, 11) is 0. The molecular weight excluding hydrogens is 480 g/mol. The summed E-state index contributed by atoms with van der Waals surface area (Å²) in [6, 6.07) is 15.3. The number of hydrogen-bond donors (Lipinski definition) is 1. The average Bonchev–Trinajstić information content (AvgIpc) is 3.23. The van der Waals surface area contributed by atoms with Gasteiger partial charge in [0.15, 0.2) is 5.78 Å². The van der Waals surface area contributed by atoms with Gasteiger partial charge >= 0.3 is 0 Å². The van der Waals surface area contributed by atoms with Crippen LogP contribution in [0.2, 0.25) is 5.02 Å². The fourth-order valence-corrected chi connectivity index (χ4v) is 5.46. The van der Waals surface area contributed by atoms with Crippen molar-refractivity contribution in [1.82, 2.24) is 14.8 Å². The standard InChI is InChI=1S/C27H29ClN4O2S/c1-4-13-35-26-30-25-29-21-14-27(2,3)15-22(33)23(21)24(32(25)31-26)18-7-11-20(12-8-18)34-16-17-5-9-19(28)10-6-17/h5-12,24H,4,13-16H2,1-3H3,(H,29,30,31). The summed E-state index contributed by atoms with van der Waals surface area (Å²) in [5, 5.41) is 9.66. The number of rotatable bonds is 7. The molecule has 0 fully saturated rings. The first-order valence-electron chi connectivity index (χ1n) is 11.9. The molecule has 1 atom stereocenters. The Kier molecular flexibility index (Phi) is 6.64. The minimum atomic E-state index is -0.307. The first-order valence-corrected chi connectivity index (χ1v) is 13.3. The van der Waals surface area contributed by atoms with E-state index in [4.69, 9.17) is 26.4 Å². The summed E-state index contributed by atoms with van der Waals surface area (Å²) in [5.41, 5.74) is 3.71. The van der Waals surface area contributed by atoms with Gasteiger partial charge in [-0.25, -0.2) is 4.68 Å². The van der Waals surface area contributed by atoms with Gasteiger partial charge < -0.3 is 10.1 Å². The van der Waals surface area contributed by atoms with E-state index in [0.29, 0.717) is 24.0 Å². The van der Waals surface area contributed by atoms with Crippen LogP contribution in [0.15, 0.2) is 65.0 Å². The number of ketones is 1. The minimum absolute atomic E-state index is 0.0885. The Morgan fingerprint density at radius 2 is 1.89 bits per heavy atom. The molecule has 1 aliphatic carbocycles. The number of nitrogens with zero attached hydrogens (tertiary/aromatic N) is 3. The number of anilines is 1. The Bertz CT molecular complexity index is 1270. The van der Waals surface area contributed by atoms with Crippen molar-refractivity contribution in [2.24, 2.45) is 5.41 Å². The highest BCUT2D eigenvalue weighted by Crippen LogP contribution is 2.45. The summed E-state index contributed by atoms with van der Waals surface area (Å²) < 4.78 is 7.85. The Morgan fingerprint density at radius 1 is 1.14 bits per heavy atom. The first-order chi connectivity index (χ1) is 16.8. The van der Waals surface area contributed by atoms with E-state index in [0.717, 1.165) is 51.9 Å². The Balaban J connectivity index is 1.45. The zero-order chi connectivity index (χ0) is 24.6. The molecule has 1 aromatic heterocycles. The van der Waals surface area contributed by atoms with Crippen molar-refractivity contribution in [3.05, 3.63) is 76.0 Å². The number of carbonyl (C=O) groups is 1. The highest BCUT2D eigenvalue weighted by molar-refractivity contribution is 7.99. The SMILES string of the molecule is CCCSc1nc2n(n1)C(c1ccc(OCc3ccc(Cl)cc3)cc1)C1=C(CC(C)(C)CC1=O)N2. The van der Waals surface area contributed by atoms with Gasteiger partial charge in [0.2, 0.25) is 11.1 Å². The van der Waals surface area contributed by atoms with E-state index in [2.05, 4.69) is 26.1 Å². The number of Topliss-reactive ketones (excluding diaryl/α,β-unsaturated/α-hetero) is 1. The number of fused-ring (bicyclic) bond motifs is 1. The van der Waals surface area contributed by atoms with E-state index in [-0.39, 0.29) is 17.2 Å². The van der Waals surface area contributed by atoms with Crippen molar-refractivity contribution < 1.29 is 9.53 Å². The van der Waals surface area contributed by atoms with E-state index < -0.39 is 0 Å². The third kappa shape index (κ3) is 5.11. The van der Waals surface area contributed by atoms with Crippen LogP contribution in [0.5, 0.6) is 5.75 Å². The van der Waals surface area contributed by atoms with Crippen LogP contribution < -0.4 is 10.1 Å². The Morgan fingerprint density at radius 3 is 2.60 bits per heavy atom. The highest BCUT2D eigenvalue weighted by Gasteiger charge is 2.41. The Hall–Kier alpha value is -2.77. The molecule has 0 radical (unpaired) electrons. The van der Waals surface area contributed by atoms with E-state index >= 15 is 0 Å².